The molecule has 28 heavy (non-hydrogen) atoms. The van der Waals surface area contributed by atoms with Gasteiger partial charge in [-0.2, -0.15) is 0 Å². The molecule has 0 unspecified atom stereocenters. The third-order valence-electron chi connectivity index (χ3n) is 4.82. The number of nitrogens with one attached hydrogen (secondary N) is 1. The van der Waals surface area contributed by atoms with Crippen LogP contribution in [0.2, 0.25) is 0 Å². The van der Waals surface area contributed by atoms with Crippen molar-refractivity contribution in [1.29, 1.82) is 0 Å². The lowest BCUT2D eigenvalue weighted by Gasteiger charge is -2.32. The van der Waals surface area contributed by atoms with E-state index in [1.807, 2.05) is 18.3 Å². The van der Waals surface area contributed by atoms with Crippen LogP contribution in [0.25, 0.3) is 0 Å². The zero-order chi connectivity index (χ0) is 20.4. The van der Waals surface area contributed by atoms with E-state index in [2.05, 4.69) is 14.9 Å². The van der Waals surface area contributed by atoms with Gasteiger partial charge in [-0.3, -0.25) is 19.5 Å². The van der Waals surface area contributed by atoms with Gasteiger partial charge in [0.25, 0.3) is 6.47 Å². The number of hydrogen-bond acceptors (Lipinski definition) is 6. The van der Waals surface area contributed by atoms with Crippen LogP contribution in [0.1, 0.15) is 24.1 Å². The van der Waals surface area contributed by atoms with Crippen LogP contribution < -0.4 is 15.0 Å². The second kappa shape index (κ2) is 11.1. The van der Waals surface area contributed by atoms with E-state index < -0.39 is 0 Å². The van der Waals surface area contributed by atoms with Crippen molar-refractivity contribution in [3.63, 3.8) is 0 Å². The van der Waals surface area contributed by atoms with Crippen LogP contribution >= 0.6 is 0 Å². The van der Waals surface area contributed by atoms with E-state index in [-0.39, 0.29) is 12.0 Å². The fourth-order valence-electron chi connectivity index (χ4n) is 3.43. The fraction of sp³-hybridized carbons (Fsp3) is 0.450. The molecule has 1 fully saturated rings. The average Bonchev–Trinajstić information content (AvgIpc) is 2.71. The van der Waals surface area contributed by atoms with Crippen LogP contribution in [0.3, 0.4) is 0 Å². The highest BCUT2D eigenvalue weighted by molar-refractivity contribution is 5.42. The lowest BCUT2D eigenvalue weighted by Crippen LogP contribution is -2.34. The molecule has 0 aliphatic carbocycles. The number of nitrogens with zero attached hydrogens (tertiary/aromatic N) is 2. The van der Waals surface area contributed by atoms with Crippen molar-refractivity contribution in [3.05, 3.63) is 52.2 Å². The minimum absolute atomic E-state index is 0.0432. The SMILES string of the molecule is COc1ccnc(CN2CCC(Cc3ccc(=O)[nH]c3)CC2)c1OC.O=CO. The number of rotatable bonds is 6. The molecule has 0 radical (unpaired) electrons. The van der Waals surface area contributed by atoms with Crippen molar-refractivity contribution in [3.8, 4) is 11.5 Å². The van der Waals surface area contributed by atoms with Crippen molar-refractivity contribution in [2.75, 3.05) is 27.3 Å². The molecule has 8 nitrogen and oxygen atoms in total. The Balaban J connectivity index is 0.000000878. The molecule has 1 aliphatic heterocycles. The molecule has 2 aromatic heterocycles. The number of aromatic amines is 1. The van der Waals surface area contributed by atoms with E-state index in [9.17, 15) is 4.79 Å². The predicted octanol–water partition coefficient (Wildman–Crippen LogP) is 1.94. The van der Waals surface area contributed by atoms with Crippen molar-refractivity contribution < 1.29 is 19.4 Å². The summed E-state index contributed by atoms with van der Waals surface area (Å²) in [7, 11) is 3.30. The van der Waals surface area contributed by atoms with Gasteiger partial charge in [-0.25, -0.2) is 0 Å². The van der Waals surface area contributed by atoms with Gasteiger partial charge in [0.05, 0.1) is 14.2 Å². The first-order valence-corrected chi connectivity index (χ1v) is 9.15. The van der Waals surface area contributed by atoms with E-state index in [1.165, 1.54) is 5.56 Å². The minimum atomic E-state index is -0.250. The summed E-state index contributed by atoms with van der Waals surface area (Å²) in [4.78, 5) is 29.1. The summed E-state index contributed by atoms with van der Waals surface area (Å²) < 4.78 is 10.8. The molecular weight excluding hydrogens is 362 g/mol. The zero-order valence-electron chi connectivity index (χ0n) is 16.3. The number of H-pyrrole nitrogens is 1. The molecule has 3 heterocycles. The van der Waals surface area contributed by atoms with E-state index in [0.29, 0.717) is 5.92 Å². The summed E-state index contributed by atoms with van der Waals surface area (Å²) in [6, 6.07) is 5.35. The first-order valence-electron chi connectivity index (χ1n) is 9.15. The summed E-state index contributed by atoms with van der Waals surface area (Å²) in [5.41, 5.74) is 2.08. The van der Waals surface area contributed by atoms with Gasteiger partial charge >= 0.3 is 0 Å². The number of aromatic nitrogens is 2. The van der Waals surface area contributed by atoms with E-state index >= 15 is 0 Å². The molecule has 0 amide bonds. The maximum absolute atomic E-state index is 11.1. The molecule has 0 spiro atoms. The van der Waals surface area contributed by atoms with Crippen molar-refractivity contribution in [2.45, 2.75) is 25.8 Å². The van der Waals surface area contributed by atoms with Gasteiger partial charge in [-0.05, 0) is 43.8 Å². The number of likely N-dealkylation sites (tertiary alicyclic amines) is 1. The molecule has 0 bridgehead atoms. The van der Waals surface area contributed by atoms with Gasteiger partial charge in [-0.15, -0.1) is 0 Å². The molecule has 0 aromatic carbocycles. The Hall–Kier alpha value is -2.87. The number of hydrogen-bond donors (Lipinski definition) is 2. The minimum Gasteiger partial charge on any atom is -0.493 e. The fourth-order valence-corrected chi connectivity index (χ4v) is 3.43. The molecule has 0 saturated carbocycles. The second-order valence-corrected chi connectivity index (χ2v) is 6.58. The Morgan fingerprint density at radius 3 is 2.54 bits per heavy atom. The molecule has 8 heteroatoms. The molecule has 2 aromatic rings. The normalized spacial score (nSPS) is 14.6. The summed E-state index contributed by atoms with van der Waals surface area (Å²) in [5, 5.41) is 6.89. The summed E-state index contributed by atoms with van der Waals surface area (Å²) >= 11 is 0. The van der Waals surface area contributed by atoms with Crippen molar-refractivity contribution in [1.82, 2.24) is 14.9 Å². The Morgan fingerprint density at radius 1 is 1.25 bits per heavy atom. The molecular formula is C20H27N3O5. The van der Waals surface area contributed by atoms with E-state index in [0.717, 1.165) is 56.1 Å². The molecule has 152 valence electrons. The lowest BCUT2D eigenvalue weighted by molar-refractivity contribution is -0.122. The maximum atomic E-state index is 11.1. The monoisotopic (exact) mass is 389 g/mol. The van der Waals surface area contributed by atoms with Crippen LogP contribution in [0.15, 0.2) is 35.4 Å². The highest BCUT2D eigenvalue weighted by Crippen LogP contribution is 2.31. The third kappa shape index (κ3) is 6.09. The smallest absolute Gasteiger partial charge is 0.290 e. The number of carbonyl (C=O) groups is 1. The standard InChI is InChI=1S/C19H25N3O3.CH2O2/c1-24-17-5-8-20-16(19(17)25-2)13-22-9-6-14(7-10-22)11-15-3-4-18(23)21-12-15;2-1-3/h3-5,8,12,14H,6-7,9-11,13H2,1-2H3,(H,21,23);1H,(H,2,3). The van der Waals surface area contributed by atoms with Crippen LogP contribution in [0, 0.1) is 5.92 Å². The number of pyridine rings is 2. The number of methoxy groups -OCH3 is 2. The Bertz CT molecular complexity index is 780. The van der Waals surface area contributed by atoms with Crippen molar-refractivity contribution >= 4 is 6.47 Å². The largest absolute Gasteiger partial charge is 0.493 e. The first kappa shape index (κ1) is 21.4. The average molecular weight is 389 g/mol. The first-order chi connectivity index (χ1) is 13.6. The molecule has 0 atom stereocenters. The Labute approximate surface area is 164 Å². The van der Waals surface area contributed by atoms with Crippen LogP contribution in [0.4, 0.5) is 0 Å². The third-order valence-corrected chi connectivity index (χ3v) is 4.82. The van der Waals surface area contributed by atoms with Gasteiger partial charge in [-0.1, -0.05) is 6.07 Å². The van der Waals surface area contributed by atoms with Gasteiger partial charge in [0, 0.05) is 31.1 Å². The number of carboxylic acid groups (broad SMARTS) is 1. The molecule has 2 N–H and O–H groups in total. The number of piperidine rings is 1. The Morgan fingerprint density at radius 2 is 1.96 bits per heavy atom. The van der Waals surface area contributed by atoms with Gasteiger partial charge in [0.15, 0.2) is 11.5 Å². The topological polar surface area (TPSA) is 105 Å². The van der Waals surface area contributed by atoms with Crippen LogP contribution in [0.5, 0.6) is 11.5 Å². The summed E-state index contributed by atoms with van der Waals surface area (Å²) in [5.74, 6) is 2.10. The van der Waals surface area contributed by atoms with Crippen molar-refractivity contribution in [2.24, 2.45) is 5.92 Å². The highest BCUT2D eigenvalue weighted by atomic mass is 16.5. The molecule has 3 rings (SSSR count). The molecule has 1 saturated heterocycles. The van der Waals surface area contributed by atoms with E-state index in [4.69, 9.17) is 19.4 Å². The van der Waals surface area contributed by atoms with E-state index in [1.54, 1.807) is 26.5 Å². The van der Waals surface area contributed by atoms with Crippen LogP contribution in [-0.2, 0) is 17.8 Å². The zero-order valence-corrected chi connectivity index (χ0v) is 16.3. The van der Waals surface area contributed by atoms with Gasteiger partial charge < -0.3 is 19.6 Å². The van der Waals surface area contributed by atoms with Gasteiger partial charge in [0.2, 0.25) is 5.56 Å². The molecule has 1 aliphatic rings. The van der Waals surface area contributed by atoms with Crippen LogP contribution in [-0.4, -0.2) is 53.8 Å². The van der Waals surface area contributed by atoms with Gasteiger partial charge in [0.1, 0.15) is 5.69 Å². The Kier molecular flexibility index (Phi) is 8.48. The highest BCUT2D eigenvalue weighted by Gasteiger charge is 2.22. The maximum Gasteiger partial charge on any atom is 0.290 e. The number of ether oxygens (including phenoxy) is 2. The summed E-state index contributed by atoms with van der Waals surface area (Å²) in [6.07, 6.45) is 6.90. The second-order valence-electron chi connectivity index (χ2n) is 6.58. The lowest BCUT2D eigenvalue weighted by atomic mass is 9.90. The predicted molar refractivity (Wildman–Crippen MR) is 105 cm³/mol. The summed E-state index contributed by atoms with van der Waals surface area (Å²) in [6.45, 7) is 2.60. The quantitative estimate of drug-likeness (QED) is 0.728.